The number of likely N-dealkylation sites (tertiary alicyclic amines) is 2. The summed E-state index contributed by atoms with van der Waals surface area (Å²) in [5.74, 6) is -7.39. The summed E-state index contributed by atoms with van der Waals surface area (Å²) in [4.78, 5) is 86.6. The molecule has 412 valence electrons. The smallest absolute Gasteiger partial charge is 0.326 e. The first kappa shape index (κ1) is 54.9. The Hall–Kier alpha value is -6.83. The van der Waals surface area contributed by atoms with Crippen molar-refractivity contribution in [2.24, 2.45) is 39.6 Å². The number of aromatic nitrogens is 2. The Morgan fingerprint density at radius 3 is 2.30 bits per heavy atom. The van der Waals surface area contributed by atoms with Crippen LogP contribution in [0.3, 0.4) is 0 Å². The first-order chi connectivity index (χ1) is 36.5. The number of aliphatic hydroxyl groups excluding tert-OH is 2. The molecule has 7 heterocycles. The molecule has 1 spiro atoms. The standard InChI is InChI=1S/C58H73N7O12/c1-30(2)29-63-25-21-58(22-26-63)61-45-42-43-50(70)36(8)53-44(42)54(72)57(9,77-53)75-27-13-16-32(4)52(76-41(67)28-40(66)64-23-19-37(20-24-64)65-39-18-11-10-17-38(39)59-56(65)74)35(7)49(69)34(6)48(68)31(3)14-12-15-33(5)55(73)60-47(51(43)71)46(45)62-58/h10-15,17-18,27,30-32,34-35,37,48-49,52,68-71H,16,19-26,28-29H2,1-9H3,(H,59,74)(H,60,73)/b14-12+,27-13+,33-15-/t31?,32-,34-,35-,48+,49?,52?,57?/m1/s1. The first-order valence-electron chi connectivity index (χ1n) is 27.0. The second-order valence-electron chi connectivity index (χ2n) is 22.6. The predicted octanol–water partition coefficient (Wildman–Crippen LogP) is 6.00. The number of rotatable bonds is 6. The summed E-state index contributed by atoms with van der Waals surface area (Å²) >= 11 is 0. The highest BCUT2D eigenvalue weighted by molar-refractivity contribution is 6.19. The van der Waals surface area contributed by atoms with Gasteiger partial charge in [0.25, 0.3) is 11.7 Å². The quantitative estimate of drug-likeness (QED) is 0.0737. The van der Waals surface area contributed by atoms with Crippen LogP contribution in [0.25, 0.3) is 21.8 Å². The molecule has 4 aromatic rings. The molecular weight excluding hydrogens is 987 g/mol. The molecule has 2 amide bonds. The second kappa shape index (κ2) is 21.5. The number of aromatic amines is 1. The molecule has 1 aromatic heterocycles. The van der Waals surface area contributed by atoms with E-state index in [0.717, 1.165) is 17.6 Å². The number of anilines is 1. The van der Waals surface area contributed by atoms with Gasteiger partial charge in [-0.15, -0.1) is 0 Å². The number of amides is 2. The van der Waals surface area contributed by atoms with E-state index in [1.165, 1.54) is 13.2 Å². The Morgan fingerprint density at radius 1 is 0.909 bits per heavy atom. The van der Waals surface area contributed by atoms with E-state index in [-0.39, 0.29) is 73.5 Å². The SMILES string of the molecule is C/C1=C/C=C/C(C)[C@H](O)[C@@H](C)C(O)[C@@H](C)C(OC(=O)CC(=O)N2CCC(n3c(=O)[nH]c4ccccc43)CC2)[C@H](C)C/C=C/OC2(C)Oc3c(C)c(O)c4c(O)c(c5c(c4c3C2=O)=NC2(CCN(CC(C)C)CC2)N=5)NC1=O. The van der Waals surface area contributed by atoms with Crippen molar-refractivity contribution in [1.29, 1.82) is 0 Å². The summed E-state index contributed by atoms with van der Waals surface area (Å²) < 4.78 is 20.4. The third-order valence-corrected chi connectivity index (χ3v) is 16.5. The van der Waals surface area contributed by atoms with Crippen molar-refractivity contribution in [3.63, 3.8) is 0 Å². The van der Waals surface area contributed by atoms with Crippen molar-refractivity contribution in [1.82, 2.24) is 19.4 Å². The van der Waals surface area contributed by atoms with Gasteiger partial charge in [-0.2, -0.15) is 0 Å². The monoisotopic (exact) mass is 1060 g/mol. The summed E-state index contributed by atoms with van der Waals surface area (Å²) in [6, 6.07) is 7.31. The topological polar surface area (TPSA) is 258 Å². The van der Waals surface area contributed by atoms with E-state index >= 15 is 0 Å². The highest BCUT2D eigenvalue weighted by atomic mass is 16.7. The number of esters is 1. The van der Waals surface area contributed by atoms with Crippen LogP contribution in [0.1, 0.15) is 116 Å². The van der Waals surface area contributed by atoms with Crippen LogP contribution in [0.5, 0.6) is 17.2 Å². The number of aliphatic hydroxyl groups is 2. The minimum atomic E-state index is -1.97. The molecule has 10 rings (SSSR count). The highest BCUT2D eigenvalue weighted by Crippen LogP contribution is 2.50. The van der Waals surface area contributed by atoms with Gasteiger partial charge in [-0.1, -0.05) is 71.9 Å². The number of nitrogens with zero attached hydrogens (tertiary/aromatic N) is 5. The van der Waals surface area contributed by atoms with E-state index in [9.17, 15) is 44.4 Å². The summed E-state index contributed by atoms with van der Waals surface area (Å²) in [5, 5.41) is 51.0. The largest absolute Gasteiger partial charge is 0.507 e. The van der Waals surface area contributed by atoms with Gasteiger partial charge in [0, 0.05) is 92.8 Å². The Kier molecular flexibility index (Phi) is 15.4. The molecule has 19 heteroatoms. The van der Waals surface area contributed by atoms with Crippen molar-refractivity contribution in [2.45, 2.75) is 137 Å². The lowest BCUT2D eigenvalue weighted by atomic mass is 9.79. The molecule has 6 N–H and O–H groups in total. The number of imidazole rings is 1. The molecular formula is C58H73N7O12. The molecule has 0 aliphatic carbocycles. The van der Waals surface area contributed by atoms with E-state index in [1.54, 1.807) is 68.4 Å². The van der Waals surface area contributed by atoms with Crippen LogP contribution in [0.4, 0.5) is 5.69 Å². The number of fused-ring (bicyclic) bond motifs is 14. The molecule has 4 unspecified atom stereocenters. The van der Waals surface area contributed by atoms with Crippen LogP contribution in [0.2, 0.25) is 0 Å². The van der Waals surface area contributed by atoms with Crippen molar-refractivity contribution in [2.75, 3.05) is 38.0 Å². The number of phenols is 2. The average Bonchev–Trinajstić information content (AvgIpc) is 4.14. The number of hydrogen-bond acceptors (Lipinski definition) is 15. The van der Waals surface area contributed by atoms with E-state index in [1.807, 2.05) is 31.2 Å². The van der Waals surface area contributed by atoms with Crippen LogP contribution in [-0.2, 0) is 23.9 Å². The number of carbonyl (C=O) groups excluding carboxylic acids is 4. The number of piperidine rings is 2. The molecule has 6 aliphatic rings. The van der Waals surface area contributed by atoms with Crippen LogP contribution in [0, 0.1) is 36.5 Å². The zero-order valence-electron chi connectivity index (χ0n) is 45.5. The van der Waals surface area contributed by atoms with E-state index in [2.05, 4.69) is 29.0 Å². The highest BCUT2D eigenvalue weighted by Gasteiger charge is 2.50. The molecule has 0 radical (unpaired) electrons. The second-order valence-corrected chi connectivity index (χ2v) is 22.6. The van der Waals surface area contributed by atoms with Crippen molar-refractivity contribution in [3.05, 3.63) is 92.7 Å². The van der Waals surface area contributed by atoms with Crippen molar-refractivity contribution in [3.8, 4) is 17.2 Å². The van der Waals surface area contributed by atoms with Gasteiger partial charge >= 0.3 is 17.4 Å². The summed E-state index contributed by atoms with van der Waals surface area (Å²) in [6.07, 6.45) is 6.23. The lowest BCUT2D eigenvalue weighted by molar-refractivity contribution is -0.162. The Morgan fingerprint density at radius 2 is 1.60 bits per heavy atom. The lowest BCUT2D eigenvalue weighted by Crippen LogP contribution is -2.45. The number of ketones is 1. The van der Waals surface area contributed by atoms with E-state index in [4.69, 9.17) is 24.2 Å². The van der Waals surface area contributed by atoms with Crippen molar-refractivity contribution < 1.29 is 53.8 Å². The number of phenolic OH excluding ortho intramolecular Hbond substituents is 2. The van der Waals surface area contributed by atoms with Gasteiger partial charge in [-0.3, -0.25) is 33.7 Å². The molecule has 19 nitrogen and oxygen atoms in total. The maximum absolute atomic E-state index is 14.9. The maximum Gasteiger partial charge on any atom is 0.326 e. The number of hydrogen-bond donors (Lipinski definition) is 6. The molecule has 2 saturated heterocycles. The third kappa shape index (κ3) is 10.4. The van der Waals surface area contributed by atoms with Gasteiger partial charge in [0.1, 0.15) is 35.1 Å². The van der Waals surface area contributed by atoms with E-state index < -0.39 is 89.2 Å². The number of para-hydroxylation sites is 2. The number of Topliss-reactive ketones (excluding diaryl/α,β-unsaturated/α-hetero) is 1. The van der Waals surface area contributed by atoms with Gasteiger partial charge in [-0.05, 0) is 63.2 Å². The normalized spacial score (nSPS) is 28.9. The minimum Gasteiger partial charge on any atom is -0.507 e. The van der Waals surface area contributed by atoms with Crippen molar-refractivity contribution >= 4 is 51.1 Å². The number of nitrogens with one attached hydrogen (secondary N) is 2. The average molecular weight is 1060 g/mol. The Balaban J connectivity index is 1.01. The predicted molar refractivity (Wildman–Crippen MR) is 288 cm³/mol. The fraction of sp³-hybridized carbons (Fsp3) is 0.534. The van der Waals surface area contributed by atoms with Gasteiger partial charge in [-0.25, -0.2) is 4.79 Å². The Bertz CT molecular complexity index is 3290. The zero-order chi connectivity index (χ0) is 55.4. The molecule has 6 aliphatic heterocycles. The van der Waals surface area contributed by atoms with Gasteiger partial charge in [0.15, 0.2) is 11.4 Å². The number of H-pyrrole nitrogens is 1. The Labute approximate surface area is 447 Å². The van der Waals surface area contributed by atoms with Gasteiger partial charge in [0.05, 0.1) is 45.8 Å². The van der Waals surface area contributed by atoms with Crippen LogP contribution < -0.4 is 26.5 Å². The summed E-state index contributed by atoms with van der Waals surface area (Å²) in [5.41, 5.74) is 0.646. The summed E-state index contributed by atoms with van der Waals surface area (Å²) in [7, 11) is 0. The van der Waals surface area contributed by atoms with Crippen LogP contribution in [0.15, 0.2) is 75.2 Å². The number of carbonyl (C=O) groups is 4. The number of ether oxygens (including phenoxy) is 3. The van der Waals surface area contributed by atoms with E-state index in [0.29, 0.717) is 57.8 Å². The lowest BCUT2D eigenvalue weighted by Gasteiger charge is -2.37. The number of aromatic hydroxyl groups is 2. The fourth-order valence-electron chi connectivity index (χ4n) is 12.0. The number of allylic oxidation sites excluding steroid dienone is 3. The molecule has 3 aromatic carbocycles. The molecule has 8 atom stereocenters. The molecule has 5 bridgehead atoms. The fourth-order valence-corrected chi connectivity index (χ4v) is 12.0. The zero-order valence-corrected chi connectivity index (χ0v) is 45.5. The maximum atomic E-state index is 14.9. The van der Waals surface area contributed by atoms with Crippen LogP contribution in [-0.4, -0.2) is 126 Å². The van der Waals surface area contributed by atoms with Gasteiger partial charge < -0.3 is 54.7 Å². The van der Waals surface area contributed by atoms with Crippen LogP contribution >= 0.6 is 0 Å². The molecule has 77 heavy (non-hydrogen) atoms. The summed E-state index contributed by atoms with van der Waals surface area (Å²) in [6.45, 7) is 18.8. The third-order valence-electron chi connectivity index (χ3n) is 16.5. The van der Waals surface area contributed by atoms with Gasteiger partial charge in [0.2, 0.25) is 5.91 Å². The number of benzene rings is 3. The minimum absolute atomic E-state index is 0.0248. The first-order valence-corrected chi connectivity index (χ1v) is 27.0. The molecule has 2 fully saturated rings. The molecule has 0 saturated carbocycles.